The van der Waals surface area contributed by atoms with E-state index < -0.39 is 11.1 Å². The van der Waals surface area contributed by atoms with E-state index in [1.54, 1.807) is 25.2 Å². The number of aromatic nitrogens is 1. The van der Waals surface area contributed by atoms with Crippen LogP contribution in [-0.2, 0) is 16.1 Å². The van der Waals surface area contributed by atoms with Gasteiger partial charge in [-0.25, -0.2) is 0 Å². The third-order valence-corrected chi connectivity index (χ3v) is 5.82. The van der Waals surface area contributed by atoms with Crippen LogP contribution in [0.1, 0.15) is 17.7 Å². The van der Waals surface area contributed by atoms with E-state index in [9.17, 15) is 19.2 Å². The Kier molecular flexibility index (Phi) is 5.77. The monoisotopic (exact) mass is 437 g/mol. The largest absolute Gasteiger partial charge is 0.465 e. The van der Waals surface area contributed by atoms with E-state index in [1.807, 2.05) is 18.2 Å². The first-order valence-corrected chi connectivity index (χ1v) is 10.4. The van der Waals surface area contributed by atoms with Crippen molar-refractivity contribution in [1.82, 2.24) is 14.8 Å². The Bertz CT molecular complexity index is 1250. The van der Waals surface area contributed by atoms with Gasteiger partial charge in [-0.15, -0.1) is 0 Å². The number of nitrogens with zero attached hydrogens (tertiary/aromatic N) is 2. The molecule has 8 nitrogen and oxygen atoms in total. The summed E-state index contributed by atoms with van der Waals surface area (Å²) < 4.78 is 5.18. The van der Waals surface area contributed by atoms with Crippen molar-refractivity contribution in [3.63, 3.8) is 0 Å². The molecule has 3 amide bonds. The number of H-pyrrole nitrogens is 1. The molecule has 9 heteroatoms. The van der Waals surface area contributed by atoms with Crippen molar-refractivity contribution < 1.29 is 18.8 Å². The Morgan fingerprint density at radius 1 is 1.19 bits per heavy atom. The molecular weight excluding hydrogens is 418 g/mol. The Morgan fingerprint density at radius 2 is 2.00 bits per heavy atom. The number of para-hydroxylation sites is 1. The number of amides is 3. The number of furan rings is 1. The summed E-state index contributed by atoms with van der Waals surface area (Å²) >= 11 is 0.821. The molecule has 1 aliphatic heterocycles. The molecule has 0 atom stereocenters. The molecule has 0 saturated carbocycles. The van der Waals surface area contributed by atoms with Crippen LogP contribution in [0.5, 0.6) is 0 Å². The van der Waals surface area contributed by atoms with Gasteiger partial charge in [-0.2, -0.15) is 0 Å². The van der Waals surface area contributed by atoms with Gasteiger partial charge < -0.3 is 14.3 Å². The predicted molar refractivity (Wildman–Crippen MR) is 117 cm³/mol. The van der Waals surface area contributed by atoms with Crippen molar-refractivity contribution in [1.29, 1.82) is 0 Å². The maximum Gasteiger partial charge on any atom is 0.293 e. The van der Waals surface area contributed by atoms with Crippen LogP contribution in [0.2, 0.25) is 0 Å². The highest BCUT2D eigenvalue weighted by Crippen LogP contribution is 2.32. The van der Waals surface area contributed by atoms with Crippen LogP contribution >= 0.6 is 11.8 Å². The van der Waals surface area contributed by atoms with Gasteiger partial charge in [-0.05, 0) is 35.5 Å². The van der Waals surface area contributed by atoms with Gasteiger partial charge in [0.2, 0.25) is 11.5 Å². The minimum atomic E-state index is -0.442. The summed E-state index contributed by atoms with van der Waals surface area (Å²) in [5.41, 5.74) is 1.19. The van der Waals surface area contributed by atoms with Crippen molar-refractivity contribution in [3.8, 4) is 0 Å². The molecule has 1 aliphatic rings. The lowest BCUT2D eigenvalue weighted by molar-refractivity contribution is -0.131. The first-order chi connectivity index (χ1) is 14.9. The fraction of sp³-hybridized carbons (Fsp3) is 0.182. The fourth-order valence-electron chi connectivity index (χ4n) is 3.35. The van der Waals surface area contributed by atoms with E-state index in [1.165, 1.54) is 23.3 Å². The third-order valence-electron chi connectivity index (χ3n) is 4.91. The smallest absolute Gasteiger partial charge is 0.293 e. The molecule has 0 unspecified atom stereocenters. The molecule has 0 aliphatic carbocycles. The van der Waals surface area contributed by atoms with Crippen molar-refractivity contribution in [2.24, 2.45) is 0 Å². The Hall–Kier alpha value is -3.59. The number of hydrogen-bond acceptors (Lipinski definition) is 6. The van der Waals surface area contributed by atoms with Crippen molar-refractivity contribution in [2.45, 2.75) is 13.0 Å². The zero-order chi connectivity index (χ0) is 22.0. The number of fused-ring (bicyclic) bond motifs is 1. The number of pyridine rings is 1. The summed E-state index contributed by atoms with van der Waals surface area (Å²) in [5.74, 6) is -0.202. The van der Waals surface area contributed by atoms with E-state index >= 15 is 0 Å². The highest BCUT2D eigenvalue weighted by molar-refractivity contribution is 8.18. The maximum absolute atomic E-state index is 12.6. The lowest BCUT2D eigenvalue weighted by atomic mass is 10.1. The standard InChI is InChI=1S/C22H19N3O5S/c1-24(13-14-11-19(26)23-17-7-3-2-6-16(14)17)20(27)8-9-25-21(28)18(31-22(25)29)12-15-5-4-10-30-15/h2-7,10-12H,8-9,13H2,1H3,(H,23,26). The average molecular weight is 437 g/mol. The average Bonchev–Trinajstić information content (AvgIpc) is 3.34. The molecule has 1 N–H and O–H groups in total. The molecule has 0 radical (unpaired) electrons. The number of thioether (sulfide) groups is 1. The summed E-state index contributed by atoms with van der Waals surface area (Å²) in [6, 6.07) is 12.2. The number of imide groups is 1. The number of nitrogens with one attached hydrogen (secondary N) is 1. The van der Waals surface area contributed by atoms with Crippen LogP contribution in [0.3, 0.4) is 0 Å². The lowest BCUT2D eigenvalue weighted by Crippen LogP contribution is -2.34. The first kappa shape index (κ1) is 20.7. The number of carbonyl (C=O) groups excluding carboxylic acids is 3. The second-order valence-corrected chi connectivity index (χ2v) is 8.05. The van der Waals surface area contributed by atoms with E-state index in [0.29, 0.717) is 11.3 Å². The van der Waals surface area contributed by atoms with Crippen LogP contribution < -0.4 is 5.56 Å². The van der Waals surface area contributed by atoms with Crippen LogP contribution in [0.25, 0.3) is 17.0 Å². The molecule has 3 aromatic rings. The van der Waals surface area contributed by atoms with Crippen LogP contribution in [0, 0.1) is 0 Å². The zero-order valence-corrected chi connectivity index (χ0v) is 17.5. The fourth-order valence-corrected chi connectivity index (χ4v) is 4.19. The van der Waals surface area contributed by atoms with Crippen molar-refractivity contribution in [2.75, 3.05) is 13.6 Å². The summed E-state index contributed by atoms with van der Waals surface area (Å²) in [5, 5.41) is 0.439. The Morgan fingerprint density at radius 3 is 2.77 bits per heavy atom. The molecule has 1 saturated heterocycles. The lowest BCUT2D eigenvalue weighted by Gasteiger charge is -2.20. The topological polar surface area (TPSA) is 104 Å². The second kappa shape index (κ2) is 8.65. The number of hydrogen-bond donors (Lipinski definition) is 1. The van der Waals surface area contributed by atoms with Gasteiger partial charge in [0.05, 0.1) is 11.2 Å². The SMILES string of the molecule is CN(Cc1cc(=O)[nH]c2ccccc12)C(=O)CCN1C(=O)SC(=Cc2ccco2)C1=O. The minimum absolute atomic E-state index is 0.0102. The molecule has 2 aromatic heterocycles. The van der Waals surface area contributed by atoms with Gasteiger partial charge in [-0.3, -0.25) is 24.1 Å². The quantitative estimate of drug-likeness (QED) is 0.594. The van der Waals surface area contributed by atoms with Crippen molar-refractivity contribution >= 4 is 45.8 Å². The highest BCUT2D eigenvalue weighted by atomic mass is 32.2. The molecule has 1 aromatic carbocycles. The number of aromatic amines is 1. The number of rotatable bonds is 6. The normalized spacial score (nSPS) is 15.3. The Balaban J connectivity index is 1.41. The molecule has 1 fully saturated rings. The van der Waals surface area contributed by atoms with E-state index in [-0.39, 0.29) is 35.9 Å². The summed E-state index contributed by atoms with van der Waals surface area (Å²) in [4.78, 5) is 54.9. The second-order valence-electron chi connectivity index (χ2n) is 7.05. The van der Waals surface area contributed by atoms with Gasteiger partial charge in [0, 0.05) is 49.6 Å². The van der Waals surface area contributed by atoms with E-state index in [2.05, 4.69) is 4.98 Å². The molecule has 158 valence electrons. The summed E-state index contributed by atoms with van der Waals surface area (Å²) in [6.07, 6.45) is 2.98. The predicted octanol–water partition coefficient (Wildman–Crippen LogP) is 3.21. The van der Waals surface area contributed by atoms with Gasteiger partial charge in [0.25, 0.3) is 11.1 Å². The van der Waals surface area contributed by atoms with Crippen LogP contribution in [-0.4, -0.2) is 45.4 Å². The molecule has 0 bridgehead atoms. The Labute approximate surface area is 181 Å². The van der Waals surface area contributed by atoms with Crippen molar-refractivity contribution in [3.05, 3.63) is 75.3 Å². The summed E-state index contributed by atoms with van der Waals surface area (Å²) in [6.45, 7) is 0.225. The molecular formula is C22H19N3O5S. The van der Waals surface area contributed by atoms with Crippen LogP contribution in [0.15, 0.2) is 62.8 Å². The van der Waals surface area contributed by atoms with E-state index in [0.717, 1.165) is 27.6 Å². The van der Waals surface area contributed by atoms with Gasteiger partial charge in [0.1, 0.15) is 5.76 Å². The maximum atomic E-state index is 12.6. The molecule has 4 rings (SSSR count). The molecule has 0 spiro atoms. The van der Waals surface area contributed by atoms with Gasteiger partial charge >= 0.3 is 0 Å². The van der Waals surface area contributed by atoms with Gasteiger partial charge in [0.15, 0.2) is 0 Å². The molecule has 3 heterocycles. The van der Waals surface area contributed by atoms with Gasteiger partial charge in [-0.1, -0.05) is 18.2 Å². The minimum Gasteiger partial charge on any atom is -0.465 e. The first-order valence-electron chi connectivity index (χ1n) is 9.56. The number of carbonyl (C=O) groups is 3. The zero-order valence-electron chi connectivity index (χ0n) is 16.7. The highest BCUT2D eigenvalue weighted by Gasteiger charge is 2.35. The van der Waals surface area contributed by atoms with E-state index in [4.69, 9.17) is 4.42 Å². The van der Waals surface area contributed by atoms with Crippen LogP contribution in [0.4, 0.5) is 4.79 Å². The number of benzene rings is 1. The summed E-state index contributed by atoms with van der Waals surface area (Å²) in [7, 11) is 1.63. The molecule has 31 heavy (non-hydrogen) atoms. The third kappa shape index (κ3) is 4.46.